The molecule has 2 rings (SSSR count). The van der Waals surface area contributed by atoms with Gasteiger partial charge in [-0.2, -0.15) is 4.31 Å². The summed E-state index contributed by atoms with van der Waals surface area (Å²) in [4.78, 5) is 14.7. The second-order valence-electron chi connectivity index (χ2n) is 7.36. The van der Waals surface area contributed by atoms with E-state index in [1.807, 2.05) is 32.9 Å². The van der Waals surface area contributed by atoms with Crippen LogP contribution in [0.2, 0.25) is 0 Å². The molecule has 0 atom stereocenters. The van der Waals surface area contributed by atoms with Crippen molar-refractivity contribution in [3.63, 3.8) is 0 Å². The van der Waals surface area contributed by atoms with Gasteiger partial charge < -0.3 is 15.0 Å². The molecule has 0 radical (unpaired) electrons. The lowest BCUT2D eigenvalue weighted by atomic mass is 10.1. The summed E-state index contributed by atoms with van der Waals surface area (Å²) in [5.41, 5.74) is 2.51. The molecule has 1 aliphatic heterocycles. The first-order valence-electron chi connectivity index (χ1n) is 9.82. The average Bonchev–Trinajstić information content (AvgIpc) is 2.63. The van der Waals surface area contributed by atoms with Crippen LogP contribution in [0.1, 0.15) is 29.5 Å². The van der Waals surface area contributed by atoms with E-state index < -0.39 is 10.0 Å². The summed E-state index contributed by atoms with van der Waals surface area (Å²) < 4.78 is 33.4. The Hall–Kier alpha value is -1.48. The van der Waals surface area contributed by atoms with Gasteiger partial charge in [0.25, 0.3) is 0 Å². The fourth-order valence-corrected chi connectivity index (χ4v) is 5.62. The van der Waals surface area contributed by atoms with E-state index in [1.54, 1.807) is 12.0 Å². The summed E-state index contributed by atoms with van der Waals surface area (Å²) in [5, 5.41) is 3.22. The third kappa shape index (κ3) is 5.76. The van der Waals surface area contributed by atoms with Gasteiger partial charge in [-0.1, -0.05) is 17.7 Å². The van der Waals surface area contributed by atoms with E-state index >= 15 is 0 Å². The maximum Gasteiger partial charge on any atom is 0.243 e. The second kappa shape index (κ2) is 10.3. The summed E-state index contributed by atoms with van der Waals surface area (Å²) in [5.74, 6) is 0.00536. The van der Waals surface area contributed by atoms with Gasteiger partial charge in [-0.3, -0.25) is 4.79 Å². The van der Waals surface area contributed by atoms with Crippen LogP contribution in [-0.4, -0.2) is 76.5 Å². The molecule has 1 aromatic rings. The molecule has 1 heterocycles. The molecule has 0 bridgehead atoms. The number of aryl methyl sites for hydroxylation is 3. The third-order valence-electron chi connectivity index (χ3n) is 5.00. The number of methoxy groups -OCH3 is 1. The zero-order chi connectivity index (χ0) is 20.7. The van der Waals surface area contributed by atoms with Crippen LogP contribution in [0.15, 0.2) is 17.0 Å². The van der Waals surface area contributed by atoms with Crippen molar-refractivity contribution < 1.29 is 17.9 Å². The minimum absolute atomic E-state index is 0.00536. The Labute approximate surface area is 169 Å². The van der Waals surface area contributed by atoms with Crippen LogP contribution in [0.5, 0.6) is 0 Å². The minimum Gasteiger partial charge on any atom is -0.385 e. The lowest BCUT2D eigenvalue weighted by Gasteiger charge is -2.29. The molecule has 0 aliphatic carbocycles. The Morgan fingerprint density at radius 1 is 1.14 bits per heavy atom. The molecule has 1 aromatic carbocycles. The van der Waals surface area contributed by atoms with Gasteiger partial charge in [0.2, 0.25) is 15.9 Å². The van der Waals surface area contributed by atoms with Gasteiger partial charge >= 0.3 is 0 Å². The first kappa shape index (κ1) is 22.8. The zero-order valence-electron chi connectivity index (χ0n) is 17.5. The summed E-state index contributed by atoms with van der Waals surface area (Å²) >= 11 is 0. The van der Waals surface area contributed by atoms with Gasteiger partial charge in [0.05, 0.1) is 4.90 Å². The van der Waals surface area contributed by atoms with Gasteiger partial charge in [0.15, 0.2) is 0 Å². The second-order valence-corrected chi connectivity index (χ2v) is 9.23. The molecule has 8 heteroatoms. The SMILES string of the molecule is COCCCN(CCC(=O)N1CCNCC1)S(=O)(=O)c1c(C)cc(C)cc1C. The van der Waals surface area contributed by atoms with Crippen LogP contribution < -0.4 is 5.32 Å². The Morgan fingerprint density at radius 3 is 2.32 bits per heavy atom. The van der Waals surface area contributed by atoms with E-state index in [-0.39, 0.29) is 18.9 Å². The Bertz CT molecular complexity index is 751. The normalized spacial score (nSPS) is 15.2. The number of benzene rings is 1. The number of hydrogen-bond acceptors (Lipinski definition) is 5. The lowest BCUT2D eigenvalue weighted by molar-refractivity contribution is -0.131. The number of hydrogen-bond donors (Lipinski definition) is 1. The largest absolute Gasteiger partial charge is 0.385 e. The molecule has 1 fully saturated rings. The van der Waals surface area contributed by atoms with Crippen LogP contribution in [0.25, 0.3) is 0 Å². The quantitative estimate of drug-likeness (QED) is 0.623. The average molecular weight is 412 g/mol. The van der Waals surface area contributed by atoms with Gasteiger partial charge in [0.1, 0.15) is 0 Å². The molecule has 7 nitrogen and oxygen atoms in total. The van der Waals surface area contributed by atoms with Crippen molar-refractivity contribution in [3.05, 3.63) is 28.8 Å². The van der Waals surface area contributed by atoms with Gasteiger partial charge in [-0.05, 0) is 38.3 Å². The standard InChI is InChI=1S/C20H33N3O4S/c1-16-14-17(2)20(18(3)15-16)28(25,26)23(9-5-13-27-4)10-6-19(24)22-11-7-21-8-12-22/h14-15,21H,5-13H2,1-4H3. The Kier molecular flexibility index (Phi) is 8.42. The first-order valence-corrected chi connectivity index (χ1v) is 11.3. The van der Waals surface area contributed by atoms with Gasteiger partial charge in [-0.15, -0.1) is 0 Å². The van der Waals surface area contributed by atoms with Crippen molar-refractivity contribution in [2.75, 3.05) is 53.0 Å². The topological polar surface area (TPSA) is 79.0 Å². The predicted octanol–water partition coefficient (Wildman–Crippen LogP) is 1.46. The molecule has 1 aliphatic rings. The fourth-order valence-electron chi connectivity index (χ4n) is 3.73. The first-order chi connectivity index (χ1) is 13.3. The molecule has 0 spiro atoms. The highest BCUT2D eigenvalue weighted by atomic mass is 32.2. The molecule has 158 valence electrons. The monoisotopic (exact) mass is 411 g/mol. The van der Waals surface area contributed by atoms with Crippen LogP contribution >= 0.6 is 0 Å². The summed E-state index contributed by atoms with van der Waals surface area (Å²) in [6.45, 7) is 9.50. The molecule has 0 unspecified atom stereocenters. The van der Waals surface area contributed by atoms with E-state index in [2.05, 4.69) is 5.32 Å². The van der Waals surface area contributed by atoms with Crippen molar-refractivity contribution in [3.8, 4) is 0 Å². The molecule has 1 N–H and O–H groups in total. The number of carbonyl (C=O) groups is 1. The van der Waals surface area contributed by atoms with Gasteiger partial charge in [-0.25, -0.2) is 8.42 Å². The Morgan fingerprint density at radius 2 is 1.75 bits per heavy atom. The number of carbonyl (C=O) groups excluding carboxylic acids is 1. The summed E-state index contributed by atoms with van der Waals surface area (Å²) in [6.07, 6.45) is 0.775. The van der Waals surface area contributed by atoms with Crippen molar-refractivity contribution in [1.29, 1.82) is 0 Å². The fraction of sp³-hybridized carbons (Fsp3) is 0.650. The molecule has 1 saturated heterocycles. The third-order valence-corrected chi connectivity index (χ3v) is 7.21. The number of sulfonamides is 1. The number of nitrogens with one attached hydrogen (secondary N) is 1. The van der Waals surface area contributed by atoms with E-state index in [9.17, 15) is 13.2 Å². The highest BCUT2D eigenvalue weighted by molar-refractivity contribution is 7.89. The van der Waals surface area contributed by atoms with Crippen molar-refractivity contribution in [2.24, 2.45) is 0 Å². The highest BCUT2D eigenvalue weighted by Crippen LogP contribution is 2.25. The molecule has 1 amide bonds. The summed E-state index contributed by atoms with van der Waals surface area (Å²) in [6, 6.07) is 3.78. The highest BCUT2D eigenvalue weighted by Gasteiger charge is 2.29. The maximum absolute atomic E-state index is 13.4. The van der Waals surface area contributed by atoms with Crippen LogP contribution in [0, 0.1) is 20.8 Å². The van der Waals surface area contributed by atoms with Crippen molar-refractivity contribution in [1.82, 2.24) is 14.5 Å². The lowest BCUT2D eigenvalue weighted by Crippen LogP contribution is -2.47. The Balaban J connectivity index is 2.20. The van der Waals surface area contributed by atoms with Crippen LogP contribution in [-0.2, 0) is 19.6 Å². The van der Waals surface area contributed by atoms with E-state index in [0.29, 0.717) is 37.6 Å². The molecule has 0 saturated carbocycles. The van der Waals surface area contributed by atoms with Crippen LogP contribution in [0.3, 0.4) is 0 Å². The molecule has 28 heavy (non-hydrogen) atoms. The molecular weight excluding hydrogens is 378 g/mol. The van der Waals surface area contributed by atoms with Crippen molar-refractivity contribution >= 4 is 15.9 Å². The van der Waals surface area contributed by atoms with Crippen LogP contribution in [0.4, 0.5) is 0 Å². The van der Waals surface area contributed by atoms with Crippen molar-refractivity contribution in [2.45, 2.75) is 38.5 Å². The molecule has 0 aromatic heterocycles. The summed E-state index contributed by atoms with van der Waals surface area (Å²) in [7, 11) is -2.09. The maximum atomic E-state index is 13.4. The minimum atomic E-state index is -3.69. The number of piperazine rings is 1. The number of amides is 1. The number of rotatable bonds is 9. The number of nitrogens with zero attached hydrogens (tertiary/aromatic N) is 2. The predicted molar refractivity (Wildman–Crippen MR) is 110 cm³/mol. The van der Waals surface area contributed by atoms with E-state index in [0.717, 1.165) is 29.8 Å². The van der Waals surface area contributed by atoms with Gasteiger partial charge in [0, 0.05) is 59.4 Å². The van der Waals surface area contributed by atoms with E-state index in [4.69, 9.17) is 4.74 Å². The van der Waals surface area contributed by atoms with E-state index in [1.165, 1.54) is 4.31 Å². The molecular formula is C20H33N3O4S. The zero-order valence-corrected chi connectivity index (χ0v) is 18.3. The smallest absolute Gasteiger partial charge is 0.243 e. The number of ether oxygens (including phenoxy) is 1.